The molecule has 10 heteroatoms. The Morgan fingerprint density at radius 3 is 2.46 bits per heavy atom. The number of carboxylic acid groups (broad SMARTS) is 2. The molecule has 0 spiro atoms. The lowest BCUT2D eigenvalue weighted by molar-refractivity contribution is 0.0673. The maximum Gasteiger partial charge on any atom is 0.372 e. The van der Waals surface area contributed by atoms with E-state index in [-0.39, 0.29) is 10.8 Å². The fraction of sp³-hybridized carbons (Fsp3) is 0.222. The van der Waals surface area contributed by atoms with Gasteiger partial charge in [0.1, 0.15) is 5.69 Å². The first kappa shape index (κ1) is 18.0. The van der Waals surface area contributed by atoms with Crippen LogP contribution in [0.25, 0.3) is 21.8 Å². The van der Waals surface area contributed by atoms with E-state index in [0.717, 1.165) is 22.5 Å². The van der Waals surface area contributed by atoms with E-state index >= 15 is 0 Å². The molecule has 2 aromatic heterocycles. The summed E-state index contributed by atoms with van der Waals surface area (Å²) in [6.45, 7) is 0.428. The minimum Gasteiger partial charge on any atom is -0.493 e. The Morgan fingerprint density at radius 1 is 1.14 bits per heavy atom. The SMILES string of the molecule is COc1cc2c(cc1OC)-c1c(-c3cnc(C(=O)O)s3)nc(C(=O)O)n1CC2. The Kier molecular flexibility index (Phi) is 4.27. The van der Waals surface area contributed by atoms with Gasteiger partial charge in [0.25, 0.3) is 0 Å². The van der Waals surface area contributed by atoms with Crippen molar-refractivity contribution in [3.63, 3.8) is 0 Å². The molecule has 3 heterocycles. The van der Waals surface area contributed by atoms with Crippen LogP contribution in [0.5, 0.6) is 11.5 Å². The summed E-state index contributed by atoms with van der Waals surface area (Å²) >= 11 is 0.949. The third kappa shape index (κ3) is 2.69. The lowest BCUT2D eigenvalue weighted by atomic mass is 9.96. The minimum absolute atomic E-state index is 0.0861. The van der Waals surface area contributed by atoms with Crippen molar-refractivity contribution in [3.8, 4) is 33.3 Å². The Labute approximate surface area is 162 Å². The predicted molar refractivity (Wildman–Crippen MR) is 99.5 cm³/mol. The first-order valence-electron chi connectivity index (χ1n) is 8.23. The van der Waals surface area contributed by atoms with Gasteiger partial charge >= 0.3 is 11.9 Å². The minimum atomic E-state index is -1.15. The van der Waals surface area contributed by atoms with Crippen LogP contribution in [0.15, 0.2) is 18.3 Å². The van der Waals surface area contributed by atoms with Gasteiger partial charge in [-0.15, -0.1) is 11.3 Å². The second-order valence-electron chi connectivity index (χ2n) is 6.04. The van der Waals surface area contributed by atoms with Crippen LogP contribution in [0.2, 0.25) is 0 Å². The fourth-order valence-electron chi connectivity index (χ4n) is 3.34. The maximum atomic E-state index is 11.7. The molecular weight excluding hydrogens is 386 g/mol. The van der Waals surface area contributed by atoms with Crippen LogP contribution in [-0.4, -0.2) is 50.9 Å². The van der Waals surface area contributed by atoms with Crippen LogP contribution < -0.4 is 9.47 Å². The number of methoxy groups -OCH3 is 2. The summed E-state index contributed by atoms with van der Waals surface area (Å²) in [5.41, 5.74) is 2.71. The van der Waals surface area contributed by atoms with E-state index < -0.39 is 11.9 Å². The summed E-state index contributed by atoms with van der Waals surface area (Å²) in [6.07, 6.45) is 2.00. The normalized spacial score (nSPS) is 12.2. The van der Waals surface area contributed by atoms with Crippen molar-refractivity contribution in [3.05, 3.63) is 34.7 Å². The van der Waals surface area contributed by atoms with Gasteiger partial charge in [0, 0.05) is 18.3 Å². The summed E-state index contributed by atoms with van der Waals surface area (Å²) in [5.74, 6) is -1.31. The Bertz CT molecular complexity index is 1120. The van der Waals surface area contributed by atoms with Crippen molar-refractivity contribution < 1.29 is 29.3 Å². The molecule has 0 radical (unpaired) electrons. The second-order valence-corrected chi connectivity index (χ2v) is 7.07. The summed E-state index contributed by atoms with van der Waals surface area (Å²) in [4.78, 5) is 31.6. The molecule has 0 fully saturated rings. The van der Waals surface area contributed by atoms with Crippen molar-refractivity contribution in [1.82, 2.24) is 14.5 Å². The van der Waals surface area contributed by atoms with Crippen molar-refractivity contribution in [1.29, 1.82) is 0 Å². The Balaban J connectivity index is 1.99. The number of carbonyl (C=O) groups is 2. The lowest BCUT2D eigenvalue weighted by Gasteiger charge is -2.22. The van der Waals surface area contributed by atoms with E-state index in [4.69, 9.17) is 14.6 Å². The van der Waals surface area contributed by atoms with Gasteiger partial charge in [0.15, 0.2) is 11.5 Å². The highest BCUT2D eigenvalue weighted by Crippen LogP contribution is 2.43. The Morgan fingerprint density at radius 2 is 1.86 bits per heavy atom. The highest BCUT2D eigenvalue weighted by Gasteiger charge is 2.30. The molecule has 0 saturated heterocycles. The van der Waals surface area contributed by atoms with Crippen molar-refractivity contribution >= 4 is 23.3 Å². The molecule has 0 amide bonds. The third-order valence-electron chi connectivity index (χ3n) is 4.55. The first-order valence-corrected chi connectivity index (χ1v) is 9.04. The number of imidazole rings is 1. The smallest absolute Gasteiger partial charge is 0.372 e. The number of ether oxygens (including phenoxy) is 2. The van der Waals surface area contributed by atoms with Gasteiger partial charge in [-0.05, 0) is 24.1 Å². The van der Waals surface area contributed by atoms with Gasteiger partial charge in [-0.1, -0.05) is 0 Å². The molecule has 1 aliphatic heterocycles. The first-order chi connectivity index (χ1) is 13.4. The molecule has 3 aromatic rings. The molecule has 1 aromatic carbocycles. The highest BCUT2D eigenvalue weighted by molar-refractivity contribution is 7.16. The standard InChI is InChI=1S/C18H15N3O6S/c1-26-10-5-8-3-4-21-14(9(8)6-11(10)27-2)13(20-15(21)17(22)23)12-7-19-16(28-12)18(24)25/h5-7H,3-4H2,1-2H3,(H,22,23)(H,24,25). The van der Waals surface area contributed by atoms with Crippen LogP contribution in [0, 0.1) is 0 Å². The van der Waals surface area contributed by atoms with E-state index in [9.17, 15) is 14.7 Å². The quantitative estimate of drug-likeness (QED) is 0.669. The van der Waals surface area contributed by atoms with Crippen molar-refractivity contribution in [2.24, 2.45) is 0 Å². The lowest BCUT2D eigenvalue weighted by Crippen LogP contribution is -2.16. The topological polar surface area (TPSA) is 124 Å². The molecular formula is C18H15N3O6S. The monoisotopic (exact) mass is 401 g/mol. The zero-order valence-corrected chi connectivity index (χ0v) is 15.7. The van der Waals surface area contributed by atoms with Crippen LogP contribution in [0.3, 0.4) is 0 Å². The number of hydrogen-bond acceptors (Lipinski definition) is 7. The van der Waals surface area contributed by atoms with Crippen LogP contribution in [0.4, 0.5) is 0 Å². The van der Waals surface area contributed by atoms with Gasteiger partial charge in [-0.2, -0.15) is 0 Å². The van der Waals surface area contributed by atoms with Crippen LogP contribution >= 0.6 is 11.3 Å². The molecule has 2 N–H and O–H groups in total. The number of carboxylic acids is 2. The van der Waals surface area contributed by atoms with E-state index in [1.807, 2.05) is 6.07 Å². The number of aromatic nitrogens is 3. The van der Waals surface area contributed by atoms with Gasteiger partial charge in [-0.3, -0.25) is 0 Å². The Hall–Kier alpha value is -3.40. The molecule has 0 atom stereocenters. The largest absolute Gasteiger partial charge is 0.493 e. The number of fused-ring (bicyclic) bond motifs is 3. The maximum absolute atomic E-state index is 11.7. The van der Waals surface area contributed by atoms with Crippen LogP contribution in [0.1, 0.15) is 26.0 Å². The summed E-state index contributed by atoms with van der Waals surface area (Å²) in [6, 6.07) is 3.65. The molecule has 0 unspecified atom stereocenters. The van der Waals surface area contributed by atoms with E-state index in [0.29, 0.717) is 40.7 Å². The van der Waals surface area contributed by atoms with E-state index in [2.05, 4.69) is 9.97 Å². The zero-order valence-electron chi connectivity index (χ0n) is 14.9. The van der Waals surface area contributed by atoms with E-state index in [1.54, 1.807) is 17.7 Å². The predicted octanol–water partition coefficient (Wildman–Crippen LogP) is 2.64. The van der Waals surface area contributed by atoms with Crippen molar-refractivity contribution in [2.75, 3.05) is 14.2 Å². The number of rotatable bonds is 5. The van der Waals surface area contributed by atoms with Gasteiger partial charge in [0.2, 0.25) is 10.8 Å². The van der Waals surface area contributed by atoms with Gasteiger partial charge in [-0.25, -0.2) is 19.6 Å². The molecule has 1 aliphatic rings. The summed E-state index contributed by atoms with van der Waals surface area (Å²) in [5, 5.41) is 18.7. The zero-order chi connectivity index (χ0) is 20.0. The average molecular weight is 401 g/mol. The van der Waals surface area contributed by atoms with Crippen molar-refractivity contribution in [2.45, 2.75) is 13.0 Å². The molecule has 0 saturated carbocycles. The second kappa shape index (κ2) is 6.64. The highest BCUT2D eigenvalue weighted by atomic mass is 32.1. The number of hydrogen-bond donors (Lipinski definition) is 2. The molecule has 9 nitrogen and oxygen atoms in total. The number of benzene rings is 1. The third-order valence-corrected chi connectivity index (χ3v) is 5.54. The fourth-order valence-corrected chi connectivity index (χ4v) is 4.09. The number of aryl methyl sites for hydroxylation is 1. The van der Waals surface area contributed by atoms with Crippen LogP contribution in [-0.2, 0) is 13.0 Å². The van der Waals surface area contributed by atoms with Gasteiger partial charge < -0.3 is 24.3 Å². The summed E-state index contributed by atoms with van der Waals surface area (Å²) < 4.78 is 12.4. The number of aromatic carboxylic acids is 2. The average Bonchev–Trinajstić information content (AvgIpc) is 3.31. The molecule has 144 valence electrons. The summed E-state index contributed by atoms with van der Waals surface area (Å²) in [7, 11) is 3.08. The van der Waals surface area contributed by atoms with E-state index in [1.165, 1.54) is 13.3 Å². The molecule has 0 aliphatic carbocycles. The van der Waals surface area contributed by atoms with Gasteiger partial charge in [0.05, 0.1) is 24.8 Å². The number of nitrogens with zero attached hydrogens (tertiary/aromatic N) is 3. The molecule has 0 bridgehead atoms. The molecule has 28 heavy (non-hydrogen) atoms. The number of thiazole rings is 1. The molecule has 4 rings (SSSR count).